The Labute approximate surface area is 163 Å². The van der Waals surface area contributed by atoms with Crippen LogP contribution in [-0.2, 0) is 18.7 Å². The maximum atomic E-state index is 12.0. The van der Waals surface area contributed by atoms with E-state index in [2.05, 4.69) is 38.8 Å². The lowest BCUT2D eigenvalue weighted by Crippen LogP contribution is -2.43. The zero-order valence-corrected chi connectivity index (χ0v) is 18.4. The average Bonchev–Trinajstić information content (AvgIpc) is 3.04. The predicted octanol–water partition coefficient (Wildman–Crippen LogP) is 4.13. The Bertz CT molecular complexity index is 620. The van der Waals surface area contributed by atoms with Gasteiger partial charge in [-0.1, -0.05) is 20.8 Å². The molecule has 0 aromatic carbocycles. The van der Waals surface area contributed by atoms with E-state index in [4.69, 9.17) is 13.9 Å². The Hall–Kier alpha value is -1.22. The standard InChI is InChI=1S/C19H34N2O5Si/c1-14(26-16-9-7-8-12-24-16)17-20-10-11-21(17)15(18(22)23)13-25-27(5,6)19(2,3)4/h10-11,14-16H,7-9,12-13H2,1-6H3,(H,22,23)/t14-,15+,16?/m0/s1. The number of hydrogen-bond acceptors (Lipinski definition) is 5. The second-order valence-corrected chi connectivity index (χ2v) is 13.5. The number of nitrogens with zero attached hydrogens (tertiary/aromatic N) is 2. The summed E-state index contributed by atoms with van der Waals surface area (Å²) in [6.07, 6.45) is 5.65. The van der Waals surface area contributed by atoms with Crippen molar-refractivity contribution in [2.24, 2.45) is 0 Å². The molecule has 1 fully saturated rings. The van der Waals surface area contributed by atoms with Crippen LogP contribution in [0.3, 0.4) is 0 Å². The molecule has 1 aromatic rings. The molecule has 1 aliphatic heterocycles. The van der Waals surface area contributed by atoms with Gasteiger partial charge >= 0.3 is 5.97 Å². The van der Waals surface area contributed by atoms with E-state index in [1.807, 2.05) is 6.92 Å². The minimum absolute atomic E-state index is 0.0164. The molecule has 1 aliphatic rings. The molecule has 154 valence electrons. The second kappa shape index (κ2) is 8.85. The molecule has 1 aromatic heterocycles. The Balaban J connectivity index is 2.11. The molecule has 3 atom stereocenters. The van der Waals surface area contributed by atoms with Crippen LogP contribution in [0.4, 0.5) is 0 Å². The van der Waals surface area contributed by atoms with Gasteiger partial charge in [-0.3, -0.25) is 0 Å². The number of ether oxygens (including phenoxy) is 2. The maximum Gasteiger partial charge on any atom is 0.329 e. The van der Waals surface area contributed by atoms with Crippen LogP contribution in [0.25, 0.3) is 0 Å². The van der Waals surface area contributed by atoms with E-state index in [0.717, 1.165) is 19.3 Å². The second-order valence-electron chi connectivity index (χ2n) is 8.69. The molecule has 0 spiro atoms. The first kappa shape index (κ1) is 22.1. The summed E-state index contributed by atoms with van der Waals surface area (Å²) in [4.78, 5) is 16.3. The molecule has 1 saturated heterocycles. The van der Waals surface area contributed by atoms with Gasteiger partial charge in [0, 0.05) is 19.0 Å². The van der Waals surface area contributed by atoms with E-state index >= 15 is 0 Å². The van der Waals surface area contributed by atoms with Crippen LogP contribution in [0.15, 0.2) is 12.4 Å². The third-order valence-corrected chi connectivity index (χ3v) is 10.1. The highest BCUT2D eigenvalue weighted by Crippen LogP contribution is 2.37. The van der Waals surface area contributed by atoms with Gasteiger partial charge in [0.2, 0.25) is 0 Å². The molecule has 0 bridgehead atoms. The third-order valence-electron chi connectivity index (χ3n) is 5.59. The van der Waals surface area contributed by atoms with Gasteiger partial charge in [0.25, 0.3) is 0 Å². The lowest BCUT2D eigenvalue weighted by atomic mass is 10.2. The van der Waals surface area contributed by atoms with Crippen molar-refractivity contribution in [3.8, 4) is 0 Å². The summed E-state index contributed by atoms with van der Waals surface area (Å²) < 4.78 is 19.4. The Morgan fingerprint density at radius 2 is 2.15 bits per heavy atom. The van der Waals surface area contributed by atoms with Crippen molar-refractivity contribution >= 4 is 14.3 Å². The number of carboxylic acid groups (broad SMARTS) is 1. The Kier molecular flexibility index (Phi) is 7.24. The normalized spacial score (nSPS) is 21.0. The number of imidazole rings is 1. The predicted molar refractivity (Wildman–Crippen MR) is 105 cm³/mol. The molecule has 0 aliphatic carbocycles. The van der Waals surface area contributed by atoms with Crippen LogP contribution in [0.2, 0.25) is 18.1 Å². The number of aromatic nitrogens is 2. The molecular weight excluding hydrogens is 364 g/mol. The number of carbonyl (C=O) groups is 1. The number of rotatable bonds is 8. The minimum Gasteiger partial charge on any atom is -0.480 e. The van der Waals surface area contributed by atoms with Crippen molar-refractivity contribution < 1.29 is 23.8 Å². The number of hydrogen-bond donors (Lipinski definition) is 1. The zero-order valence-electron chi connectivity index (χ0n) is 17.4. The average molecular weight is 399 g/mol. The summed E-state index contributed by atoms with van der Waals surface area (Å²) in [5, 5.41) is 9.81. The maximum absolute atomic E-state index is 12.0. The molecular formula is C19H34N2O5Si. The van der Waals surface area contributed by atoms with Crippen molar-refractivity contribution in [3.63, 3.8) is 0 Å². The molecule has 27 heavy (non-hydrogen) atoms. The smallest absolute Gasteiger partial charge is 0.329 e. The highest BCUT2D eigenvalue weighted by atomic mass is 28.4. The van der Waals surface area contributed by atoms with Crippen LogP contribution in [0.5, 0.6) is 0 Å². The van der Waals surface area contributed by atoms with Crippen LogP contribution in [0.1, 0.15) is 64.9 Å². The topological polar surface area (TPSA) is 82.8 Å². The highest BCUT2D eigenvalue weighted by molar-refractivity contribution is 6.74. The van der Waals surface area contributed by atoms with Gasteiger partial charge in [-0.2, -0.15) is 0 Å². The summed E-state index contributed by atoms with van der Waals surface area (Å²) in [5.41, 5.74) is 0. The van der Waals surface area contributed by atoms with E-state index in [9.17, 15) is 9.90 Å². The molecule has 2 rings (SSSR count). The van der Waals surface area contributed by atoms with Gasteiger partial charge in [-0.25, -0.2) is 9.78 Å². The van der Waals surface area contributed by atoms with Crippen LogP contribution in [0, 0.1) is 0 Å². The fraction of sp³-hybridized carbons (Fsp3) is 0.789. The molecule has 1 unspecified atom stereocenters. The molecule has 0 saturated carbocycles. The molecule has 8 heteroatoms. The van der Waals surface area contributed by atoms with Gasteiger partial charge in [-0.15, -0.1) is 0 Å². The van der Waals surface area contributed by atoms with Gasteiger partial charge < -0.3 is 23.6 Å². The third kappa shape index (κ3) is 5.63. The van der Waals surface area contributed by atoms with Crippen LogP contribution >= 0.6 is 0 Å². The minimum atomic E-state index is -2.05. The van der Waals surface area contributed by atoms with Gasteiger partial charge in [0.15, 0.2) is 20.6 Å². The van der Waals surface area contributed by atoms with Gasteiger partial charge in [0.05, 0.1) is 6.61 Å². The summed E-state index contributed by atoms with van der Waals surface area (Å²) >= 11 is 0. The fourth-order valence-electron chi connectivity index (χ4n) is 2.78. The first-order chi connectivity index (χ1) is 12.5. The first-order valence-corrected chi connectivity index (χ1v) is 12.6. The van der Waals surface area contributed by atoms with Crippen LogP contribution in [-0.4, -0.2) is 48.4 Å². The lowest BCUT2D eigenvalue weighted by Gasteiger charge is -2.37. The van der Waals surface area contributed by atoms with Gasteiger partial charge in [-0.05, 0) is 44.3 Å². The monoisotopic (exact) mass is 398 g/mol. The van der Waals surface area contributed by atoms with Crippen molar-refractivity contribution in [1.29, 1.82) is 0 Å². The molecule has 7 nitrogen and oxygen atoms in total. The highest BCUT2D eigenvalue weighted by Gasteiger charge is 2.39. The largest absolute Gasteiger partial charge is 0.480 e. The summed E-state index contributed by atoms with van der Waals surface area (Å²) in [6, 6.07) is -0.838. The molecule has 1 N–H and O–H groups in total. The van der Waals surface area contributed by atoms with E-state index in [-0.39, 0.29) is 24.0 Å². The number of carboxylic acids is 1. The number of aliphatic carboxylic acids is 1. The van der Waals surface area contributed by atoms with Crippen LogP contribution < -0.4 is 0 Å². The molecule has 0 radical (unpaired) electrons. The quantitative estimate of drug-likeness (QED) is 0.663. The first-order valence-electron chi connectivity index (χ1n) is 9.69. The van der Waals surface area contributed by atoms with E-state index in [1.165, 1.54) is 0 Å². The summed E-state index contributed by atoms with van der Waals surface area (Å²) in [7, 11) is -2.05. The Morgan fingerprint density at radius 3 is 2.70 bits per heavy atom. The van der Waals surface area contributed by atoms with Crippen molar-refractivity contribution in [3.05, 3.63) is 18.2 Å². The van der Waals surface area contributed by atoms with E-state index in [1.54, 1.807) is 17.0 Å². The zero-order chi connectivity index (χ0) is 20.2. The lowest BCUT2D eigenvalue weighted by molar-refractivity contribution is -0.188. The van der Waals surface area contributed by atoms with E-state index in [0.29, 0.717) is 12.4 Å². The Morgan fingerprint density at radius 1 is 1.44 bits per heavy atom. The van der Waals surface area contributed by atoms with E-state index < -0.39 is 20.3 Å². The molecule has 2 heterocycles. The van der Waals surface area contributed by atoms with Crippen molar-refractivity contribution in [1.82, 2.24) is 9.55 Å². The summed E-state index contributed by atoms with van der Waals surface area (Å²) in [6.45, 7) is 13.3. The fourth-order valence-corrected chi connectivity index (χ4v) is 3.79. The summed E-state index contributed by atoms with van der Waals surface area (Å²) in [5.74, 6) is -0.357. The van der Waals surface area contributed by atoms with Crippen molar-refractivity contribution in [2.45, 2.75) is 83.5 Å². The van der Waals surface area contributed by atoms with Gasteiger partial charge in [0.1, 0.15) is 11.9 Å². The molecule has 0 amide bonds. The SMILES string of the molecule is C[C@H](OC1CCCCO1)c1nccn1[C@H](CO[Si](C)(C)C(C)(C)C)C(=O)O. The van der Waals surface area contributed by atoms with Crippen molar-refractivity contribution in [2.75, 3.05) is 13.2 Å².